The number of carboxylic acids is 1. The van der Waals surface area contributed by atoms with Crippen LogP contribution in [0.3, 0.4) is 0 Å². The second kappa shape index (κ2) is 5.07. The summed E-state index contributed by atoms with van der Waals surface area (Å²) in [5.74, 6) is -2.57. The Labute approximate surface area is 118 Å². The van der Waals surface area contributed by atoms with Crippen LogP contribution in [-0.4, -0.2) is 46.9 Å². The van der Waals surface area contributed by atoms with E-state index in [0.717, 1.165) is 25.9 Å². The fraction of sp³-hybridized carbons (Fsp3) is 0.786. The Bertz CT molecular complexity index is 440. The van der Waals surface area contributed by atoms with Crippen molar-refractivity contribution < 1.29 is 19.5 Å². The minimum Gasteiger partial charge on any atom is -0.481 e. The first-order valence-electron chi connectivity index (χ1n) is 7.08. The van der Waals surface area contributed by atoms with Gasteiger partial charge in [0.1, 0.15) is 6.04 Å². The average molecular weight is 282 g/mol. The molecular formula is C14H22N2O4. The van der Waals surface area contributed by atoms with E-state index < -0.39 is 29.3 Å². The normalized spacial score (nSPS) is 28.9. The monoisotopic (exact) mass is 282 g/mol. The third-order valence-electron chi connectivity index (χ3n) is 4.52. The number of nitrogens with one attached hydrogen (secondary N) is 1. The molecule has 20 heavy (non-hydrogen) atoms. The van der Waals surface area contributed by atoms with E-state index in [2.05, 4.69) is 5.32 Å². The molecule has 2 N–H and O–H groups in total. The van der Waals surface area contributed by atoms with Gasteiger partial charge in [0.05, 0.1) is 11.8 Å². The smallest absolute Gasteiger partial charge is 0.307 e. The van der Waals surface area contributed by atoms with Crippen molar-refractivity contribution in [1.29, 1.82) is 0 Å². The number of amides is 2. The van der Waals surface area contributed by atoms with Crippen LogP contribution in [0.1, 0.15) is 33.6 Å². The molecule has 1 heterocycles. The van der Waals surface area contributed by atoms with Crippen LogP contribution >= 0.6 is 0 Å². The molecule has 112 valence electrons. The largest absolute Gasteiger partial charge is 0.481 e. The number of hydrogen-bond donors (Lipinski definition) is 2. The van der Waals surface area contributed by atoms with E-state index in [1.807, 2.05) is 0 Å². The second-order valence-electron chi connectivity index (χ2n) is 6.38. The van der Waals surface area contributed by atoms with Gasteiger partial charge in [-0.1, -0.05) is 13.8 Å². The molecule has 2 aliphatic rings. The van der Waals surface area contributed by atoms with E-state index in [4.69, 9.17) is 5.11 Å². The van der Waals surface area contributed by atoms with Gasteiger partial charge >= 0.3 is 5.97 Å². The Hall–Kier alpha value is -1.59. The van der Waals surface area contributed by atoms with Crippen molar-refractivity contribution in [1.82, 2.24) is 10.2 Å². The third-order valence-corrected chi connectivity index (χ3v) is 4.52. The Morgan fingerprint density at radius 2 is 1.75 bits per heavy atom. The van der Waals surface area contributed by atoms with Crippen molar-refractivity contribution in [3.8, 4) is 0 Å². The molecule has 1 saturated heterocycles. The molecule has 0 aromatic carbocycles. The van der Waals surface area contributed by atoms with Crippen LogP contribution in [-0.2, 0) is 14.4 Å². The van der Waals surface area contributed by atoms with Crippen molar-refractivity contribution in [3.63, 3.8) is 0 Å². The molecule has 2 fully saturated rings. The Balaban J connectivity index is 1.92. The first kappa shape index (κ1) is 14.8. The van der Waals surface area contributed by atoms with Gasteiger partial charge in [0.2, 0.25) is 11.8 Å². The fourth-order valence-corrected chi connectivity index (χ4v) is 3.16. The number of carboxylic acid groups (broad SMARTS) is 1. The zero-order valence-corrected chi connectivity index (χ0v) is 12.2. The highest BCUT2D eigenvalue weighted by molar-refractivity contribution is 5.94. The highest BCUT2D eigenvalue weighted by Gasteiger charge is 2.66. The molecule has 2 amide bonds. The molecule has 0 unspecified atom stereocenters. The molecule has 1 saturated carbocycles. The quantitative estimate of drug-likeness (QED) is 0.784. The van der Waals surface area contributed by atoms with Crippen molar-refractivity contribution in [3.05, 3.63) is 0 Å². The van der Waals surface area contributed by atoms with E-state index in [-0.39, 0.29) is 11.8 Å². The third kappa shape index (κ3) is 2.51. The zero-order chi connectivity index (χ0) is 15.1. The first-order valence-corrected chi connectivity index (χ1v) is 7.08. The summed E-state index contributed by atoms with van der Waals surface area (Å²) in [6, 6.07) is -0.591. The van der Waals surface area contributed by atoms with Gasteiger partial charge in [-0.25, -0.2) is 0 Å². The van der Waals surface area contributed by atoms with Gasteiger partial charge in [0, 0.05) is 13.1 Å². The number of carbonyl (C=O) groups is 3. The molecule has 3 atom stereocenters. The predicted octanol–water partition coefficient (Wildman–Crippen LogP) is 0.470. The number of hydrogen-bond acceptors (Lipinski definition) is 3. The van der Waals surface area contributed by atoms with E-state index in [1.165, 1.54) is 0 Å². The second-order valence-corrected chi connectivity index (χ2v) is 6.38. The van der Waals surface area contributed by atoms with E-state index in [0.29, 0.717) is 0 Å². The van der Waals surface area contributed by atoms with Crippen molar-refractivity contribution in [2.45, 2.75) is 39.7 Å². The number of likely N-dealkylation sites (tertiary alicyclic amines) is 1. The lowest BCUT2D eigenvalue weighted by atomic mass is 10.1. The van der Waals surface area contributed by atoms with Gasteiger partial charge in [-0.3, -0.25) is 14.4 Å². The molecule has 0 bridgehead atoms. The summed E-state index contributed by atoms with van der Waals surface area (Å²) in [5.41, 5.74) is -0.535. The van der Waals surface area contributed by atoms with Gasteiger partial charge in [-0.2, -0.15) is 0 Å². The minimum absolute atomic E-state index is 0.0822. The van der Waals surface area contributed by atoms with Gasteiger partial charge < -0.3 is 15.3 Å². The first-order chi connectivity index (χ1) is 9.26. The van der Waals surface area contributed by atoms with E-state index in [9.17, 15) is 14.4 Å². The summed E-state index contributed by atoms with van der Waals surface area (Å²) in [5, 5.41) is 11.7. The summed E-state index contributed by atoms with van der Waals surface area (Å²) in [4.78, 5) is 37.0. The molecule has 0 aromatic heterocycles. The van der Waals surface area contributed by atoms with E-state index in [1.54, 1.807) is 25.7 Å². The maximum atomic E-state index is 12.1. The molecule has 0 radical (unpaired) electrons. The van der Waals surface area contributed by atoms with Gasteiger partial charge in [0.15, 0.2) is 0 Å². The van der Waals surface area contributed by atoms with Gasteiger partial charge in [-0.05, 0) is 25.2 Å². The molecular weight excluding hydrogens is 260 g/mol. The lowest BCUT2D eigenvalue weighted by Gasteiger charge is -2.21. The number of nitrogens with zero attached hydrogens (tertiary/aromatic N) is 1. The van der Waals surface area contributed by atoms with E-state index >= 15 is 0 Å². The van der Waals surface area contributed by atoms with Crippen molar-refractivity contribution in [2.24, 2.45) is 17.3 Å². The van der Waals surface area contributed by atoms with Crippen LogP contribution in [0.2, 0.25) is 0 Å². The lowest BCUT2D eigenvalue weighted by Crippen LogP contribution is -2.46. The molecule has 1 aliphatic heterocycles. The highest BCUT2D eigenvalue weighted by atomic mass is 16.4. The number of aliphatic carboxylic acids is 1. The Morgan fingerprint density at radius 3 is 2.20 bits per heavy atom. The maximum absolute atomic E-state index is 12.1. The van der Waals surface area contributed by atoms with Gasteiger partial charge in [0.25, 0.3) is 0 Å². The minimum atomic E-state index is -0.950. The van der Waals surface area contributed by atoms with Crippen LogP contribution in [0.15, 0.2) is 0 Å². The van der Waals surface area contributed by atoms with Crippen LogP contribution in [0.4, 0.5) is 0 Å². The molecule has 1 aliphatic carbocycles. The summed E-state index contributed by atoms with van der Waals surface area (Å²) >= 11 is 0. The van der Waals surface area contributed by atoms with Crippen LogP contribution in [0.5, 0.6) is 0 Å². The molecule has 2 rings (SSSR count). The van der Waals surface area contributed by atoms with Gasteiger partial charge in [-0.15, -0.1) is 0 Å². The van der Waals surface area contributed by atoms with Crippen LogP contribution in [0.25, 0.3) is 0 Å². The number of carbonyl (C=O) groups excluding carboxylic acids is 2. The zero-order valence-electron chi connectivity index (χ0n) is 12.2. The molecule has 0 spiro atoms. The maximum Gasteiger partial charge on any atom is 0.307 e. The average Bonchev–Trinajstić information content (AvgIpc) is 2.76. The van der Waals surface area contributed by atoms with Crippen LogP contribution < -0.4 is 5.32 Å². The van der Waals surface area contributed by atoms with Crippen molar-refractivity contribution >= 4 is 17.8 Å². The summed E-state index contributed by atoms with van der Waals surface area (Å²) in [6.45, 7) is 6.67. The molecule has 6 nitrogen and oxygen atoms in total. The fourth-order valence-electron chi connectivity index (χ4n) is 3.16. The predicted molar refractivity (Wildman–Crippen MR) is 71.8 cm³/mol. The lowest BCUT2D eigenvalue weighted by molar-refractivity contribution is -0.140. The molecule has 6 heteroatoms. The summed E-state index contributed by atoms with van der Waals surface area (Å²) < 4.78 is 0. The SMILES string of the molecule is C[C@H](NC(=O)[C@@H]1[C@H](C(=O)O)C1(C)C)C(=O)N1CCCC1. The number of rotatable bonds is 4. The highest BCUT2D eigenvalue weighted by Crippen LogP contribution is 2.58. The Morgan fingerprint density at radius 1 is 1.20 bits per heavy atom. The summed E-state index contributed by atoms with van der Waals surface area (Å²) in [7, 11) is 0. The topological polar surface area (TPSA) is 86.7 Å². The van der Waals surface area contributed by atoms with Crippen LogP contribution in [0, 0.1) is 17.3 Å². The summed E-state index contributed by atoms with van der Waals surface area (Å²) in [6.07, 6.45) is 2.01. The standard InChI is InChI=1S/C14H22N2O4/c1-8(12(18)16-6-4-5-7-16)15-11(17)9-10(13(19)20)14(9,2)3/h8-10H,4-7H2,1-3H3,(H,15,17)(H,19,20)/t8-,9-,10+/m0/s1. The molecule has 0 aromatic rings. The Kier molecular flexibility index (Phi) is 3.75. The van der Waals surface area contributed by atoms with Crippen molar-refractivity contribution in [2.75, 3.05) is 13.1 Å².